The number of hydrogen-bond donors (Lipinski definition) is 1. The lowest BCUT2D eigenvalue weighted by Crippen LogP contribution is -2.13. The average molecular weight is 267 g/mol. The Kier molecular flexibility index (Phi) is 2.86. The van der Waals surface area contributed by atoms with Gasteiger partial charge in [0.2, 0.25) is 0 Å². The number of nitrogens with one attached hydrogen (secondary N) is 1. The summed E-state index contributed by atoms with van der Waals surface area (Å²) in [5.41, 5.74) is -0.535. The zero-order valence-corrected chi connectivity index (χ0v) is 10.2. The standard InChI is InChI=1S/C10H10FN5OS/c11-7-3-12-10(17)15-9(7)18-4-6-1-2-8-13-5-14-16(6)8/h3,5-6H,1-2,4H2,(H,12,15,17). The van der Waals surface area contributed by atoms with Crippen molar-refractivity contribution in [3.8, 4) is 0 Å². The monoisotopic (exact) mass is 267 g/mol. The molecule has 3 heterocycles. The molecule has 0 bridgehead atoms. The third-order valence-corrected chi connectivity index (χ3v) is 3.98. The molecule has 1 unspecified atom stereocenters. The third-order valence-electron chi connectivity index (χ3n) is 2.85. The molecule has 2 aromatic heterocycles. The number of thioether (sulfide) groups is 1. The number of aromatic nitrogens is 5. The summed E-state index contributed by atoms with van der Waals surface area (Å²) < 4.78 is 15.3. The first-order valence-electron chi connectivity index (χ1n) is 5.50. The number of nitrogens with zero attached hydrogens (tertiary/aromatic N) is 4. The van der Waals surface area contributed by atoms with Crippen LogP contribution in [0.1, 0.15) is 18.3 Å². The predicted octanol–water partition coefficient (Wildman–Crippen LogP) is 0.780. The van der Waals surface area contributed by atoms with Crippen LogP contribution < -0.4 is 5.69 Å². The van der Waals surface area contributed by atoms with Gasteiger partial charge in [0.05, 0.1) is 12.2 Å². The van der Waals surface area contributed by atoms with Gasteiger partial charge in [-0.05, 0) is 6.42 Å². The highest BCUT2D eigenvalue weighted by Gasteiger charge is 2.24. The highest BCUT2D eigenvalue weighted by Crippen LogP contribution is 2.29. The van der Waals surface area contributed by atoms with E-state index >= 15 is 0 Å². The molecule has 0 saturated carbocycles. The van der Waals surface area contributed by atoms with Gasteiger partial charge in [-0.2, -0.15) is 10.1 Å². The molecular weight excluding hydrogens is 257 g/mol. The van der Waals surface area contributed by atoms with Crippen molar-refractivity contribution >= 4 is 11.8 Å². The molecule has 1 aliphatic rings. The smallest absolute Gasteiger partial charge is 0.298 e. The van der Waals surface area contributed by atoms with Gasteiger partial charge in [-0.1, -0.05) is 0 Å². The average Bonchev–Trinajstić information content (AvgIpc) is 2.93. The maximum absolute atomic E-state index is 13.4. The zero-order chi connectivity index (χ0) is 12.5. The highest BCUT2D eigenvalue weighted by molar-refractivity contribution is 7.99. The lowest BCUT2D eigenvalue weighted by atomic mass is 10.2. The molecule has 1 atom stereocenters. The van der Waals surface area contributed by atoms with Crippen LogP contribution in [0.25, 0.3) is 0 Å². The fraction of sp³-hybridized carbons (Fsp3) is 0.400. The maximum Gasteiger partial charge on any atom is 0.345 e. The van der Waals surface area contributed by atoms with E-state index in [0.29, 0.717) is 5.75 Å². The molecule has 0 spiro atoms. The topological polar surface area (TPSA) is 76.5 Å². The van der Waals surface area contributed by atoms with Gasteiger partial charge in [-0.25, -0.2) is 18.9 Å². The van der Waals surface area contributed by atoms with Gasteiger partial charge in [-0.3, -0.25) is 4.98 Å². The van der Waals surface area contributed by atoms with Crippen LogP contribution in [0.15, 0.2) is 22.3 Å². The number of fused-ring (bicyclic) bond motifs is 1. The summed E-state index contributed by atoms with van der Waals surface area (Å²) in [6.45, 7) is 0. The first kappa shape index (κ1) is 11.4. The van der Waals surface area contributed by atoms with E-state index in [-0.39, 0.29) is 11.1 Å². The second-order valence-corrected chi connectivity index (χ2v) is 5.02. The molecule has 2 aromatic rings. The van der Waals surface area contributed by atoms with Crippen molar-refractivity contribution in [2.24, 2.45) is 0 Å². The number of hydrogen-bond acceptors (Lipinski definition) is 5. The largest absolute Gasteiger partial charge is 0.345 e. The summed E-state index contributed by atoms with van der Waals surface area (Å²) in [4.78, 5) is 20.9. The van der Waals surface area contributed by atoms with Gasteiger partial charge in [0, 0.05) is 12.2 Å². The summed E-state index contributed by atoms with van der Waals surface area (Å²) in [5, 5.41) is 4.37. The van der Waals surface area contributed by atoms with E-state index in [1.165, 1.54) is 18.1 Å². The second kappa shape index (κ2) is 4.52. The molecule has 94 valence electrons. The Labute approximate surface area is 106 Å². The van der Waals surface area contributed by atoms with E-state index in [4.69, 9.17) is 0 Å². The van der Waals surface area contributed by atoms with Crippen molar-refractivity contribution in [3.05, 3.63) is 34.7 Å². The highest BCUT2D eigenvalue weighted by atomic mass is 32.2. The van der Waals surface area contributed by atoms with Gasteiger partial charge >= 0.3 is 5.69 Å². The predicted molar refractivity (Wildman–Crippen MR) is 62.9 cm³/mol. The van der Waals surface area contributed by atoms with Crippen LogP contribution in [-0.4, -0.2) is 30.5 Å². The lowest BCUT2D eigenvalue weighted by Gasteiger charge is -2.10. The first-order chi connectivity index (χ1) is 8.74. The molecule has 6 nitrogen and oxygen atoms in total. The molecule has 0 fully saturated rings. The molecule has 0 aromatic carbocycles. The van der Waals surface area contributed by atoms with E-state index in [0.717, 1.165) is 24.9 Å². The summed E-state index contributed by atoms with van der Waals surface area (Å²) in [6.07, 6.45) is 4.30. The summed E-state index contributed by atoms with van der Waals surface area (Å²) in [5.74, 6) is 1.11. The third kappa shape index (κ3) is 2.03. The number of rotatable bonds is 3. The van der Waals surface area contributed by atoms with E-state index < -0.39 is 11.5 Å². The molecular formula is C10H10FN5OS. The zero-order valence-electron chi connectivity index (χ0n) is 9.34. The quantitative estimate of drug-likeness (QED) is 0.657. The fourth-order valence-electron chi connectivity index (χ4n) is 1.98. The van der Waals surface area contributed by atoms with Crippen molar-refractivity contribution in [1.29, 1.82) is 0 Å². The molecule has 0 aliphatic carbocycles. The molecule has 3 rings (SSSR count). The minimum absolute atomic E-state index is 0.198. The Hall–Kier alpha value is -1.70. The Morgan fingerprint density at radius 1 is 1.56 bits per heavy atom. The number of H-pyrrole nitrogens is 1. The van der Waals surface area contributed by atoms with E-state index in [1.54, 1.807) is 0 Å². The summed E-state index contributed by atoms with van der Waals surface area (Å²) in [6, 6.07) is 0.198. The molecule has 18 heavy (non-hydrogen) atoms. The van der Waals surface area contributed by atoms with Gasteiger partial charge in [0.15, 0.2) is 5.82 Å². The molecule has 0 saturated heterocycles. The fourth-order valence-corrected chi connectivity index (χ4v) is 2.99. The SMILES string of the molecule is O=c1ncc(F)c(SCC2CCc3ncnn32)[nH]1. The van der Waals surface area contributed by atoms with Gasteiger partial charge in [0.25, 0.3) is 0 Å². The van der Waals surface area contributed by atoms with Gasteiger partial charge in [-0.15, -0.1) is 11.8 Å². The van der Waals surface area contributed by atoms with Crippen LogP contribution in [0.5, 0.6) is 0 Å². The van der Waals surface area contributed by atoms with Crippen LogP contribution in [0.2, 0.25) is 0 Å². The number of halogens is 1. The van der Waals surface area contributed by atoms with E-state index in [2.05, 4.69) is 20.1 Å². The molecule has 1 aliphatic heterocycles. The summed E-state index contributed by atoms with van der Waals surface area (Å²) >= 11 is 1.27. The Morgan fingerprint density at radius 2 is 2.44 bits per heavy atom. The van der Waals surface area contributed by atoms with Crippen LogP contribution in [0.4, 0.5) is 4.39 Å². The van der Waals surface area contributed by atoms with E-state index in [9.17, 15) is 9.18 Å². The minimum atomic E-state index is -0.535. The normalized spacial score (nSPS) is 17.9. The Morgan fingerprint density at radius 3 is 3.33 bits per heavy atom. The van der Waals surface area contributed by atoms with Crippen molar-refractivity contribution in [2.45, 2.75) is 23.9 Å². The molecule has 1 N–H and O–H groups in total. The van der Waals surface area contributed by atoms with Crippen LogP contribution in [0.3, 0.4) is 0 Å². The van der Waals surface area contributed by atoms with Crippen LogP contribution in [0, 0.1) is 5.82 Å². The van der Waals surface area contributed by atoms with Crippen molar-refractivity contribution in [3.63, 3.8) is 0 Å². The minimum Gasteiger partial charge on any atom is -0.298 e. The van der Waals surface area contributed by atoms with Gasteiger partial charge < -0.3 is 0 Å². The molecule has 8 heteroatoms. The first-order valence-corrected chi connectivity index (χ1v) is 6.48. The lowest BCUT2D eigenvalue weighted by molar-refractivity contribution is 0.527. The van der Waals surface area contributed by atoms with Crippen LogP contribution in [-0.2, 0) is 6.42 Å². The Balaban J connectivity index is 1.72. The van der Waals surface area contributed by atoms with Crippen molar-refractivity contribution in [1.82, 2.24) is 24.7 Å². The molecule has 0 radical (unpaired) electrons. The van der Waals surface area contributed by atoms with E-state index in [1.807, 2.05) is 4.68 Å². The second-order valence-electron chi connectivity index (χ2n) is 3.99. The van der Waals surface area contributed by atoms with Crippen molar-refractivity contribution < 1.29 is 4.39 Å². The summed E-state index contributed by atoms with van der Waals surface area (Å²) in [7, 11) is 0. The Bertz CT molecular complexity index is 625. The molecule has 0 amide bonds. The van der Waals surface area contributed by atoms with Crippen molar-refractivity contribution in [2.75, 3.05) is 5.75 Å². The maximum atomic E-state index is 13.4. The van der Waals surface area contributed by atoms with Crippen LogP contribution >= 0.6 is 11.8 Å². The number of aromatic amines is 1. The number of aryl methyl sites for hydroxylation is 1. The van der Waals surface area contributed by atoms with Gasteiger partial charge in [0.1, 0.15) is 17.2 Å².